The first kappa shape index (κ1) is 50.3. The van der Waals surface area contributed by atoms with Crippen LogP contribution in [-0.4, -0.2) is 142 Å². The Balaban J connectivity index is 3.18. The van der Waals surface area contributed by atoms with Crippen LogP contribution in [0.3, 0.4) is 0 Å². The molecule has 1 fully saturated rings. The molecular weight excluding hydrogens is 767 g/mol. The van der Waals surface area contributed by atoms with Crippen molar-refractivity contribution in [2.75, 3.05) is 18.8 Å². The molecule has 14 N–H and O–H groups in total. The topological polar surface area (TPSA) is 340 Å². The van der Waals surface area contributed by atoms with Crippen LogP contribution in [0, 0.1) is 17.2 Å². The molecule has 0 unspecified atom stereocenters. The first-order valence-electron chi connectivity index (χ1n) is 19.0. The Bertz CT molecular complexity index is 1450. The Morgan fingerprint density at radius 2 is 1.37 bits per heavy atom. The summed E-state index contributed by atoms with van der Waals surface area (Å²) in [4.78, 5) is 105. The number of nitrogens with one attached hydrogen (secondary N) is 8. The molecule has 57 heavy (non-hydrogen) atoms. The smallest absolute Gasteiger partial charge is 0.327 e. The molecule has 7 amide bonds. The molecule has 1 aliphatic rings. The van der Waals surface area contributed by atoms with Crippen molar-refractivity contribution >= 4 is 65.9 Å². The Morgan fingerprint density at radius 3 is 1.89 bits per heavy atom. The maximum absolute atomic E-state index is 13.7. The van der Waals surface area contributed by atoms with Gasteiger partial charge in [0.05, 0.1) is 12.1 Å². The summed E-state index contributed by atoms with van der Waals surface area (Å²) in [5.74, 6) is -7.32. The number of nitrogens with zero attached hydrogens (tertiary/aromatic N) is 1. The van der Waals surface area contributed by atoms with Gasteiger partial charge in [-0.15, -0.1) is 0 Å². The predicted molar refractivity (Wildman–Crippen MR) is 212 cm³/mol. The quantitative estimate of drug-likeness (QED) is 0.0207. The van der Waals surface area contributed by atoms with Crippen molar-refractivity contribution in [2.45, 2.75) is 135 Å². The first-order chi connectivity index (χ1) is 26.5. The highest BCUT2D eigenvalue weighted by molar-refractivity contribution is 7.80. The lowest BCUT2D eigenvalue weighted by Gasteiger charge is -2.30. The third-order valence-electron chi connectivity index (χ3n) is 9.16. The number of amides is 7. The van der Waals surface area contributed by atoms with Gasteiger partial charge in [0.1, 0.15) is 42.3 Å². The lowest BCUT2D eigenvalue weighted by molar-refractivity contribution is -0.142. The van der Waals surface area contributed by atoms with Gasteiger partial charge in [-0.25, -0.2) is 4.79 Å². The fourth-order valence-corrected chi connectivity index (χ4v) is 6.02. The van der Waals surface area contributed by atoms with Crippen LogP contribution in [0.1, 0.15) is 80.6 Å². The zero-order chi connectivity index (χ0) is 43.7. The second-order valence-electron chi connectivity index (χ2n) is 15.0. The van der Waals surface area contributed by atoms with Gasteiger partial charge in [0.15, 0.2) is 5.96 Å². The Kier molecular flexibility index (Phi) is 21.3. The number of carboxylic acids is 1. The van der Waals surface area contributed by atoms with Crippen molar-refractivity contribution in [1.29, 1.82) is 5.41 Å². The summed E-state index contributed by atoms with van der Waals surface area (Å²) in [6.45, 7) is 11.5. The molecule has 0 bridgehead atoms. The van der Waals surface area contributed by atoms with Crippen LogP contribution in [0.2, 0.25) is 0 Å². The van der Waals surface area contributed by atoms with Crippen molar-refractivity contribution in [2.24, 2.45) is 23.3 Å². The number of likely N-dealkylation sites (tertiary alicyclic amines) is 1. The minimum absolute atomic E-state index is 0.0398. The summed E-state index contributed by atoms with van der Waals surface area (Å²) in [6, 6.07) is -9.52. The number of carbonyl (C=O) groups excluding carboxylic acids is 7. The molecule has 1 saturated heterocycles. The van der Waals surface area contributed by atoms with Crippen LogP contribution >= 0.6 is 12.6 Å². The number of carbonyl (C=O) groups is 8. The van der Waals surface area contributed by atoms with Crippen molar-refractivity contribution in [3.63, 3.8) is 0 Å². The molecule has 21 nitrogen and oxygen atoms in total. The molecule has 0 aromatic carbocycles. The molecule has 0 aromatic heterocycles. The van der Waals surface area contributed by atoms with E-state index in [9.17, 15) is 48.6 Å². The van der Waals surface area contributed by atoms with Gasteiger partial charge in [0.2, 0.25) is 41.4 Å². The van der Waals surface area contributed by atoms with Gasteiger partial charge in [-0.3, -0.25) is 39.0 Å². The lowest BCUT2D eigenvalue weighted by Crippen LogP contribution is -2.61. The highest BCUT2D eigenvalue weighted by Gasteiger charge is 2.39. The molecule has 0 spiro atoms. The largest absolute Gasteiger partial charge is 0.480 e. The summed E-state index contributed by atoms with van der Waals surface area (Å²) in [7, 11) is 0. The third-order valence-corrected chi connectivity index (χ3v) is 9.52. The number of aliphatic carboxylic acids is 1. The summed E-state index contributed by atoms with van der Waals surface area (Å²) in [6.07, 6.45) is -0.600. The van der Waals surface area contributed by atoms with E-state index in [-0.39, 0.29) is 62.3 Å². The van der Waals surface area contributed by atoms with E-state index in [1.165, 1.54) is 25.7 Å². The Labute approximate surface area is 338 Å². The van der Waals surface area contributed by atoms with Gasteiger partial charge >= 0.3 is 5.97 Å². The van der Waals surface area contributed by atoms with E-state index in [1.807, 2.05) is 0 Å². The maximum Gasteiger partial charge on any atom is 0.327 e. The van der Waals surface area contributed by atoms with E-state index < -0.39 is 102 Å². The van der Waals surface area contributed by atoms with Gasteiger partial charge in [-0.05, 0) is 64.7 Å². The van der Waals surface area contributed by atoms with Gasteiger partial charge in [0, 0.05) is 18.8 Å². The minimum Gasteiger partial charge on any atom is -0.480 e. The van der Waals surface area contributed by atoms with Crippen LogP contribution in [0.5, 0.6) is 0 Å². The second-order valence-corrected chi connectivity index (χ2v) is 15.3. The van der Waals surface area contributed by atoms with E-state index in [0.717, 1.165) is 0 Å². The van der Waals surface area contributed by atoms with Crippen LogP contribution in [0.4, 0.5) is 0 Å². The molecule has 0 saturated carbocycles. The van der Waals surface area contributed by atoms with Crippen LogP contribution in [0.25, 0.3) is 0 Å². The number of guanidine groups is 1. The van der Waals surface area contributed by atoms with Gasteiger partial charge < -0.3 is 63.8 Å². The SMILES string of the molecule is CC(C)C[C@H](NC(=O)[C@@H](NC(=O)[C@H](CCCNC(=N)N)NC(=O)[C@@H]1CCCN1C(=O)[C@H](C)NC(=O)[C@H](C)NC(=O)[C@@H](N)C(C)C)[C@@H](C)O)C(=O)N[C@@H](CS)C(=O)O. The van der Waals surface area contributed by atoms with E-state index in [4.69, 9.17) is 16.9 Å². The average Bonchev–Trinajstić information content (AvgIpc) is 3.62. The molecule has 9 atom stereocenters. The number of nitrogens with two attached hydrogens (primary N) is 2. The molecule has 0 aliphatic carbocycles. The standard InChI is InChI=1S/C35H63N11O10S/c1-16(2)14-22(29(50)44-23(15-57)34(55)56)43-32(53)26(20(7)47)45-28(49)21(10-8-12-39-35(37)38)42-30(51)24-11-9-13-46(24)33(54)19(6)41-27(48)18(5)40-31(52)25(36)17(3)4/h16-26,47,57H,8-15,36H2,1-7H3,(H,40,52)(H,41,48)(H,42,51)(H,43,53)(H,44,50)(H,45,49)(H,55,56)(H4,37,38,39)/t18-,19-,20+,21-,22-,23-,24-,25-,26-/m0/s1. The van der Waals surface area contributed by atoms with Crippen LogP contribution in [-0.2, 0) is 38.4 Å². The molecular formula is C35H63N11O10S. The zero-order valence-electron chi connectivity index (χ0n) is 33.7. The van der Waals surface area contributed by atoms with E-state index in [2.05, 4.69) is 49.8 Å². The summed E-state index contributed by atoms with van der Waals surface area (Å²) in [5.41, 5.74) is 11.2. The van der Waals surface area contributed by atoms with Gasteiger partial charge in [-0.2, -0.15) is 12.6 Å². The highest BCUT2D eigenvalue weighted by Crippen LogP contribution is 2.19. The van der Waals surface area contributed by atoms with E-state index in [0.29, 0.717) is 6.42 Å². The number of aliphatic hydroxyl groups excluding tert-OH is 1. The minimum atomic E-state index is -1.63. The molecule has 1 heterocycles. The number of rotatable bonds is 23. The highest BCUT2D eigenvalue weighted by atomic mass is 32.1. The number of hydrogen-bond donors (Lipinski definition) is 13. The second kappa shape index (κ2) is 24.2. The third kappa shape index (κ3) is 16.7. The number of thiol groups is 1. The van der Waals surface area contributed by atoms with Gasteiger partial charge in [-0.1, -0.05) is 27.7 Å². The predicted octanol–water partition coefficient (Wildman–Crippen LogP) is -3.39. The first-order valence-corrected chi connectivity index (χ1v) is 19.6. The molecule has 22 heteroatoms. The van der Waals surface area contributed by atoms with Crippen molar-refractivity contribution in [1.82, 2.24) is 42.1 Å². The summed E-state index contributed by atoms with van der Waals surface area (Å²) >= 11 is 3.94. The molecule has 0 radical (unpaired) electrons. The number of aliphatic hydroxyl groups is 1. The molecule has 1 aliphatic heterocycles. The van der Waals surface area contributed by atoms with E-state index in [1.54, 1.807) is 27.7 Å². The fourth-order valence-electron chi connectivity index (χ4n) is 5.78. The maximum atomic E-state index is 13.7. The zero-order valence-corrected chi connectivity index (χ0v) is 34.6. The molecule has 324 valence electrons. The normalized spacial score (nSPS) is 18.1. The van der Waals surface area contributed by atoms with E-state index >= 15 is 0 Å². The monoisotopic (exact) mass is 829 g/mol. The lowest BCUT2D eigenvalue weighted by atomic mass is 10.0. The average molecular weight is 830 g/mol. The van der Waals surface area contributed by atoms with Crippen molar-refractivity contribution in [3.05, 3.63) is 0 Å². The van der Waals surface area contributed by atoms with Crippen LogP contribution in [0.15, 0.2) is 0 Å². The molecule has 0 aromatic rings. The summed E-state index contributed by atoms with van der Waals surface area (Å²) in [5, 5.41) is 44.8. The Morgan fingerprint density at radius 1 is 0.789 bits per heavy atom. The van der Waals surface area contributed by atoms with Crippen LogP contribution < -0.4 is 48.7 Å². The number of carboxylic acid groups (broad SMARTS) is 1. The number of hydrogen-bond acceptors (Lipinski definition) is 12. The van der Waals surface area contributed by atoms with Crippen molar-refractivity contribution < 1.29 is 48.6 Å². The fraction of sp³-hybridized carbons (Fsp3) is 0.743. The molecule has 1 rings (SSSR count). The van der Waals surface area contributed by atoms with Crippen molar-refractivity contribution in [3.8, 4) is 0 Å². The summed E-state index contributed by atoms with van der Waals surface area (Å²) < 4.78 is 0. The Hall–Kier alpha value is -4.70. The van der Waals surface area contributed by atoms with Gasteiger partial charge in [0.25, 0.3) is 0 Å².